The van der Waals surface area contributed by atoms with Crippen LogP contribution in [0.15, 0.2) is 42.5 Å². The highest BCUT2D eigenvalue weighted by molar-refractivity contribution is 5.86. The lowest BCUT2D eigenvalue weighted by Crippen LogP contribution is -2.55. The van der Waals surface area contributed by atoms with Crippen molar-refractivity contribution in [1.82, 2.24) is 15.1 Å². The first-order valence-electron chi connectivity index (χ1n) is 11.4. The highest BCUT2D eigenvalue weighted by Crippen LogP contribution is 2.29. The molecular formula is C25H35N3O. The van der Waals surface area contributed by atoms with Crippen molar-refractivity contribution >= 4 is 16.8 Å². The van der Waals surface area contributed by atoms with E-state index in [2.05, 4.69) is 71.6 Å². The van der Waals surface area contributed by atoms with Gasteiger partial charge in [0.1, 0.15) is 0 Å². The molecule has 1 aliphatic carbocycles. The Kier molecular flexibility index (Phi) is 6.39. The Morgan fingerprint density at radius 3 is 2.38 bits per heavy atom. The number of nitrogens with zero attached hydrogens (tertiary/aromatic N) is 2. The van der Waals surface area contributed by atoms with Crippen molar-refractivity contribution in [2.24, 2.45) is 0 Å². The third-order valence-corrected chi connectivity index (χ3v) is 6.91. The summed E-state index contributed by atoms with van der Waals surface area (Å²) in [6, 6.07) is 15.7. The molecule has 1 saturated heterocycles. The molecule has 1 aliphatic heterocycles. The summed E-state index contributed by atoms with van der Waals surface area (Å²) in [5.74, 6) is 0. The highest BCUT2D eigenvalue weighted by atomic mass is 16.2. The highest BCUT2D eigenvalue weighted by Gasteiger charge is 2.33. The van der Waals surface area contributed by atoms with Gasteiger partial charge in [-0.25, -0.2) is 4.79 Å². The van der Waals surface area contributed by atoms with E-state index in [-0.39, 0.29) is 12.1 Å². The van der Waals surface area contributed by atoms with Crippen molar-refractivity contribution in [3.63, 3.8) is 0 Å². The Labute approximate surface area is 175 Å². The second kappa shape index (κ2) is 9.17. The largest absolute Gasteiger partial charge is 0.331 e. The van der Waals surface area contributed by atoms with Gasteiger partial charge in [-0.05, 0) is 69.1 Å². The molecule has 1 saturated carbocycles. The van der Waals surface area contributed by atoms with E-state index >= 15 is 0 Å². The molecule has 2 aliphatic rings. The van der Waals surface area contributed by atoms with Crippen molar-refractivity contribution in [3.05, 3.63) is 48.0 Å². The van der Waals surface area contributed by atoms with E-state index in [1.165, 1.54) is 35.6 Å². The number of rotatable bonds is 4. The molecule has 29 heavy (non-hydrogen) atoms. The van der Waals surface area contributed by atoms with Gasteiger partial charge in [0.2, 0.25) is 0 Å². The van der Waals surface area contributed by atoms with Gasteiger partial charge < -0.3 is 15.1 Å². The van der Waals surface area contributed by atoms with Crippen LogP contribution in [0, 0.1) is 0 Å². The second-order valence-corrected chi connectivity index (χ2v) is 8.97. The van der Waals surface area contributed by atoms with Crippen LogP contribution in [-0.2, 0) is 0 Å². The predicted molar refractivity (Wildman–Crippen MR) is 120 cm³/mol. The Hall–Kier alpha value is -2.07. The van der Waals surface area contributed by atoms with E-state index in [4.69, 9.17) is 0 Å². The first-order chi connectivity index (χ1) is 14.1. The number of carbonyl (C=O) groups excluding carboxylic acids is 1. The molecular weight excluding hydrogens is 358 g/mol. The fourth-order valence-corrected chi connectivity index (χ4v) is 5.23. The monoisotopic (exact) mass is 393 g/mol. The van der Waals surface area contributed by atoms with Crippen molar-refractivity contribution in [1.29, 1.82) is 0 Å². The second-order valence-electron chi connectivity index (χ2n) is 8.97. The average Bonchev–Trinajstić information content (AvgIpc) is 2.75. The summed E-state index contributed by atoms with van der Waals surface area (Å²) in [6.07, 6.45) is 8.29. The van der Waals surface area contributed by atoms with Crippen LogP contribution in [0.5, 0.6) is 0 Å². The molecule has 1 atom stereocenters. The number of hydrogen-bond acceptors (Lipinski definition) is 2. The van der Waals surface area contributed by atoms with Crippen LogP contribution in [0.25, 0.3) is 10.8 Å². The summed E-state index contributed by atoms with van der Waals surface area (Å²) >= 11 is 0. The van der Waals surface area contributed by atoms with Gasteiger partial charge in [-0.3, -0.25) is 0 Å². The predicted octanol–water partition coefficient (Wildman–Crippen LogP) is 5.34. The lowest BCUT2D eigenvalue weighted by Gasteiger charge is -2.43. The minimum absolute atomic E-state index is 0.00838. The van der Waals surface area contributed by atoms with Gasteiger partial charge in [0.15, 0.2) is 0 Å². The van der Waals surface area contributed by atoms with Crippen LogP contribution in [0.4, 0.5) is 4.79 Å². The third-order valence-electron chi connectivity index (χ3n) is 6.91. The zero-order valence-corrected chi connectivity index (χ0v) is 17.9. The standard InChI is InChI=1S/C25H35N3O/c1-19(23-14-8-10-20-9-6-7-13-24(20)23)26-25(29)28(21-11-4-3-5-12-21)22-15-17-27(2)18-16-22/h6-10,13-14,19,21-22H,3-5,11-12,15-18H2,1-2H3,(H,26,29). The Morgan fingerprint density at radius 1 is 0.966 bits per heavy atom. The van der Waals surface area contributed by atoms with Crippen LogP contribution in [0.1, 0.15) is 63.5 Å². The number of hydrogen-bond donors (Lipinski definition) is 1. The lowest BCUT2D eigenvalue weighted by atomic mass is 9.91. The van der Waals surface area contributed by atoms with E-state index in [9.17, 15) is 4.79 Å². The Bertz CT molecular complexity index is 816. The molecule has 4 heteroatoms. The van der Waals surface area contributed by atoms with Crippen LogP contribution < -0.4 is 5.32 Å². The zero-order chi connectivity index (χ0) is 20.2. The summed E-state index contributed by atoms with van der Waals surface area (Å²) < 4.78 is 0. The summed E-state index contributed by atoms with van der Waals surface area (Å²) in [5, 5.41) is 5.82. The van der Waals surface area contributed by atoms with Gasteiger partial charge in [-0.1, -0.05) is 61.7 Å². The molecule has 2 fully saturated rings. The zero-order valence-electron chi connectivity index (χ0n) is 17.9. The maximum Gasteiger partial charge on any atom is 0.318 e. The van der Waals surface area contributed by atoms with Gasteiger partial charge >= 0.3 is 6.03 Å². The first kappa shape index (κ1) is 20.2. The maximum atomic E-state index is 13.5. The van der Waals surface area contributed by atoms with E-state index in [1.807, 2.05) is 0 Å². The van der Waals surface area contributed by atoms with Crippen molar-refractivity contribution in [2.45, 2.75) is 70.0 Å². The quantitative estimate of drug-likeness (QED) is 0.761. The Balaban J connectivity index is 1.53. The number of urea groups is 1. The van der Waals surface area contributed by atoms with Crippen LogP contribution >= 0.6 is 0 Å². The van der Waals surface area contributed by atoms with Crippen LogP contribution in [0.2, 0.25) is 0 Å². The fourth-order valence-electron chi connectivity index (χ4n) is 5.23. The number of carbonyl (C=O) groups is 1. The first-order valence-corrected chi connectivity index (χ1v) is 11.4. The topological polar surface area (TPSA) is 35.6 Å². The van der Waals surface area contributed by atoms with E-state index in [1.54, 1.807) is 0 Å². The number of likely N-dealkylation sites (tertiary alicyclic amines) is 1. The van der Waals surface area contributed by atoms with Crippen LogP contribution in [-0.4, -0.2) is 48.1 Å². The SMILES string of the molecule is CC(NC(=O)N(C1CCCCC1)C1CCN(C)CC1)c1cccc2ccccc12. The number of fused-ring (bicyclic) bond motifs is 1. The fraction of sp³-hybridized carbons (Fsp3) is 0.560. The average molecular weight is 394 g/mol. The van der Waals surface area contributed by atoms with Crippen LogP contribution in [0.3, 0.4) is 0 Å². The number of nitrogens with one attached hydrogen (secondary N) is 1. The van der Waals surface area contributed by atoms with E-state index in [0.717, 1.165) is 38.8 Å². The minimum atomic E-state index is -0.00838. The lowest BCUT2D eigenvalue weighted by molar-refractivity contribution is 0.0865. The molecule has 1 N–H and O–H groups in total. The van der Waals surface area contributed by atoms with Gasteiger partial charge in [-0.15, -0.1) is 0 Å². The minimum Gasteiger partial charge on any atom is -0.331 e. The van der Waals surface area contributed by atoms with Crippen molar-refractivity contribution in [3.8, 4) is 0 Å². The normalized spacial score (nSPS) is 20.5. The molecule has 1 unspecified atom stereocenters. The molecule has 0 radical (unpaired) electrons. The molecule has 0 aromatic heterocycles. The summed E-state index contributed by atoms with van der Waals surface area (Å²) in [7, 11) is 2.18. The van der Waals surface area contributed by atoms with Crippen molar-refractivity contribution < 1.29 is 4.79 Å². The number of amides is 2. The molecule has 0 bridgehead atoms. The van der Waals surface area contributed by atoms with Gasteiger partial charge in [-0.2, -0.15) is 0 Å². The molecule has 1 heterocycles. The molecule has 4 rings (SSSR count). The van der Waals surface area contributed by atoms with E-state index < -0.39 is 0 Å². The molecule has 2 aromatic rings. The maximum absolute atomic E-state index is 13.5. The summed E-state index contributed by atoms with van der Waals surface area (Å²) in [4.78, 5) is 18.2. The molecule has 156 valence electrons. The molecule has 0 spiro atoms. The summed E-state index contributed by atoms with van der Waals surface area (Å²) in [5.41, 5.74) is 1.20. The van der Waals surface area contributed by atoms with Gasteiger partial charge in [0, 0.05) is 12.1 Å². The molecule has 2 aromatic carbocycles. The molecule has 4 nitrogen and oxygen atoms in total. The summed E-state index contributed by atoms with van der Waals surface area (Å²) in [6.45, 7) is 4.29. The van der Waals surface area contributed by atoms with Gasteiger partial charge in [0.25, 0.3) is 0 Å². The third kappa shape index (κ3) is 4.58. The number of benzene rings is 2. The molecule has 2 amide bonds. The van der Waals surface area contributed by atoms with Gasteiger partial charge in [0.05, 0.1) is 6.04 Å². The Morgan fingerprint density at radius 2 is 1.62 bits per heavy atom. The van der Waals surface area contributed by atoms with E-state index in [0.29, 0.717) is 12.1 Å². The van der Waals surface area contributed by atoms with Crippen molar-refractivity contribution in [2.75, 3.05) is 20.1 Å². The smallest absolute Gasteiger partial charge is 0.318 e. The number of piperidine rings is 1.